The molecule has 0 aromatic carbocycles. The van der Waals surface area contributed by atoms with Crippen molar-refractivity contribution in [1.82, 2.24) is 0 Å². The van der Waals surface area contributed by atoms with E-state index in [9.17, 15) is 0 Å². The lowest BCUT2D eigenvalue weighted by molar-refractivity contribution is 0.886. The molecule has 2 aliphatic rings. The highest BCUT2D eigenvalue weighted by atomic mass is 32.2. The summed E-state index contributed by atoms with van der Waals surface area (Å²) in [7, 11) is 0. The molecule has 2 aliphatic carbocycles. The normalized spacial score (nSPS) is 25.1. The minimum Gasteiger partial charge on any atom is -0.135 e. The van der Waals surface area contributed by atoms with Gasteiger partial charge in [-0.3, -0.25) is 0 Å². The van der Waals surface area contributed by atoms with Crippen LogP contribution in [0.25, 0.3) is 0 Å². The van der Waals surface area contributed by atoms with Gasteiger partial charge in [-0.15, -0.1) is 48.8 Å². The molecule has 0 saturated heterocycles. The summed E-state index contributed by atoms with van der Waals surface area (Å²) < 4.78 is 2.32. The molecule has 0 nitrogen and oxygen atoms in total. The molecule has 0 spiro atoms. The summed E-state index contributed by atoms with van der Waals surface area (Å²) in [5.41, 5.74) is 0. The van der Waals surface area contributed by atoms with E-state index >= 15 is 0 Å². The maximum atomic E-state index is 4.62. The highest BCUT2D eigenvalue weighted by Gasteiger charge is 2.20. The Morgan fingerprint density at radius 2 is 1.00 bits per heavy atom. The Bertz CT molecular complexity index is 224. The first-order valence-corrected chi connectivity index (χ1v) is 8.86. The first kappa shape index (κ1) is 13.6. The Balaban J connectivity index is 1.81. The van der Waals surface area contributed by atoms with Gasteiger partial charge >= 0.3 is 0 Å². The van der Waals surface area contributed by atoms with Crippen molar-refractivity contribution in [1.29, 1.82) is 0 Å². The van der Waals surface area contributed by atoms with Crippen LogP contribution in [0.2, 0.25) is 0 Å². The fourth-order valence-electron chi connectivity index (χ4n) is 2.43. The van der Waals surface area contributed by atoms with Crippen LogP contribution in [0.15, 0.2) is 8.47 Å². The van der Waals surface area contributed by atoms with Crippen LogP contribution in [-0.4, -0.2) is 10.5 Å². The average molecular weight is 293 g/mol. The van der Waals surface area contributed by atoms with Gasteiger partial charge in [0.1, 0.15) is 0 Å². The third-order valence-corrected chi connectivity index (χ3v) is 7.50. The Labute approximate surface area is 119 Å². The largest absolute Gasteiger partial charge is 0.135 e. The van der Waals surface area contributed by atoms with Gasteiger partial charge in [0.05, 0.1) is 8.47 Å². The lowest BCUT2D eigenvalue weighted by atomic mass is 10.4. The Morgan fingerprint density at radius 1 is 0.688 bits per heavy atom. The van der Waals surface area contributed by atoms with Crippen molar-refractivity contribution >= 4 is 48.8 Å². The van der Waals surface area contributed by atoms with Crippen molar-refractivity contribution in [2.45, 2.75) is 61.9 Å². The van der Waals surface area contributed by atoms with Gasteiger partial charge in [0.15, 0.2) is 0 Å². The second-order valence-electron chi connectivity index (χ2n) is 4.66. The van der Waals surface area contributed by atoms with E-state index in [1.165, 1.54) is 51.4 Å². The molecule has 0 aromatic rings. The molecular formula is C12H20S4. The van der Waals surface area contributed by atoms with Gasteiger partial charge in [-0.25, -0.2) is 0 Å². The summed E-state index contributed by atoms with van der Waals surface area (Å²) in [5.74, 6) is 0. The molecule has 0 amide bonds. The number of hydrogen-bond acceptors (Lipinski definition) is 4. The maximum Gasteiger partial charge on any atom is 0.0572 e. The maximum absolute atomic E-state index is 4.62. The molecule has 4 heteroatoms. The lowest BCUT2D eigenvalue weighted by Gasteiger charge is -2.13. The molecule has 0 N–H and O–H groups in total. The topological polar surface area (TPSA) is 0 Å². The molecule has 0 radical (unpaired) electrons. The van der Waals surface area contributed by atoms with E-state index in [1.54, 1.807) is 0 Å². The second-order valence-corrected chi connectivity index (χ2v) is 8.78. The second kappa shape index (κ2) is 6.91. The van der Waals surface area contributed by atoms with Gasteiger partial charge in [-0.05, 0) is 25.7 Å². The molecule has 2 fully saturated rings. The van der Waals surface area contributed by atoms with Crippen molar-refractivity contribution in [2.24, 2.45) is 0 Å². The first-order chi connectivity index (χ1) is 7.75. The zero-order valence-corrected chi connectivity index (χ0v) is 12.9. The SMILES string of the molecule is SC(SC1CCCC1)=C(S)SC1CCCC1. The van der Waals surface area contributed by atoms with Gasteiger partial charge in [-0.1, -0.05) is 25.7 Å². The summed E-state index contributed by atoms with van der Waals surface area (Å²) in [6.07, 6.45) is 11.1. The molecule has 0 unspecified atom stereocenters. The average Bonchev–Trinajstić information content (AvgIpc) is 2.90. The minimum absolute atomic E-state index is 0.804. The predicted molar refractivity (Wildman–Crippen MR) is 84.7 cm³/mol. The van der Waals surface area contributed by atoms with Gasteiger partial charge in [0.2, 0.25) is 0 Å². The van der Waals surface area contributed by atoms with Gasteiger partial charge < -0.3 is 0 Å². The van der Waals surface area contributed by atoms with E-state index in [0.717, 1.165) is 19.0 Å². The highest BCUT2D eigenvalue weighted by molar-refractivity contribution is 8.21. The van der Waals surface area contributed by atoms with Crippen LogP contribution in [0.4, 0.5) is 0 Å². The van der Waals surface area contributed by atoms with Crippen molar-refractivity contribution in [3.63, 3.8) is 0 Å². The monoisotopic (exact) mass is 292 g/mol. The molecule has 0 aromatic heterocycles. The highest BCUT2D eigenvalue weighted by Crippen LogP contribution is 2.43. The zero-order chi connectivity index (χ0) is 11.4. The molecule has 0 heterocycles. The number of hydrogen-bond donors (Lipinski definition) is 2. The number of rotatable bonds is 4. The molecule has 92 valence electrons. The summed E-state index contributed by atoms with van der Waals surface area (Å²) in [6, 6.07) is 0. The van der Waals surface area contributed by atoms with E-state index in [0.29, 0.717) is 0 Å². The fraction of sp³-hybridized carbons (Fsp3) is 0.833. The Hall–Kier alpha value is 1.14. The quantitative estimate of drug-likeness (QED) is 0.673. The van der Waals surface area contributed by atoms with Crippen LogP contribution in [0.5, 0.6) is 0 Å². The molecule has 2 saturated carbocycles. The van der Waals surface area contributed by atoms with E-state index in [4.69, 9.17) is 0 Å². The summed E-state index contributed by atoms with van der Waals surface area (Å²) in [5, 5.41) is 1.61. The summed E-state index contributed by atoms with van der Waals surface area (Å²) in [6.45, 7) is 0. The molecule has 16 heavy (non-hydrogen) atoms. The van der Waals surface area contributed by atoms with Crippen LogP contribution in [0.3, 0.4) is 0 Å². The number of thioether (sulfide) groups is 2. The third-order valence-electron chi connectivity index (χ3n) is 3.34. The summed E-state index contributed by atoms with van der Waals surface area (Å²) >= 11 is 13.1. The van der Waals surface area contributed by atoms with Crippen LogP contribution >= 0.6 is 48.8 Å². The van der Waals surface area contributed by atoms with Gasteiger partial charge in [0, 0.05) is 10.5 Å². The fourth-order valence-corrected chi connectivity index (χ4v) is 5.90. The minimum atomic E-state index is 0.804. The molecular weight excluding hydrogens is 272 g/mol. The lowest BCUT2D eigenvalue weighted by Crippen LogP contribution is -1.95. The predicted octanol–water partition coefficient (Wildman–Crippen LogP) is 5.32. The molecule has 2 rings (SSSR count). The van der Waals surface area contributed by atoms with Crippen LogP contribution < -0.4 is 0 Å². The van der Waals surface area contributed by atoms with Crippen LogP contribution in [-0.2, 0) is 0 Å². The van der Waals surface area contributed by atoms with Crippen LogP contribution in [0.1, 0.15) is 51.4 Å². The van der Waals surface area contributed by atoms with Crippen molar-refractivity contribution < 1.29 is 0 Å². The zero-order valence-electron chi connectivity index (χ0n) is 9.52. The van der Waals surface area contributed by atoms with Crippen molar-refractivity contribution in [3.05, 3.63) is 8.47 Å². The molecule has 0 aliphatic heterocycles. The summed E-state index contributed by atoms with van der Waals surface area (Å²) in [4.78, 5) is 0. The molecule has 0 bridgehead atoms. The Morgan fingerprint density at radius 3 is 1.31 bits per heavy atom. The van der Waals surface area contributed by atoms with Gasteiger partial charge in [-0.2, -0.15) is 0 Å². The van der Waals surface area contributed by atoms with E-state index in [1.807, 2.05) is 23.5 Å². The van der Waals surface area contributed by atoms with Crippen LogP contribution in [0, 0.1) is 0 Å². The van der Waals surface area contributed by atoms with E-state index < -0.39 is 0 Å². The standard InChI is InChI=1S/C12H20S4/c13-11(15-9-5-1-2-6-9)12(14)16-10-7-3-4-8-10/h9-10,13-14H,1-8H2. The van der Waals surface area contributed by atoms with Crippen molar-refractivity contribution in [2.75, 3.05) is 0 Å². The van der Waals surface area contributed by atoms with E-state index in [2.05, 4.69) is 25.3 Å². The van der Waals surface area contributed by atoms with Gasteiger partial charge in [0.25, 0.3) is 0 Å². The van der Waals surface area contributed by atoms with E-state index in [-0.39, 0.29) is 0 Å². The Kier molecular flexibility index (Phi) is 5.86. The number of thiol groups is 2. The smallest absolute Gasteiger partial charge is 0.0572 e. The van der Waals surface area contributed by atoms with Crippen molar-refractivity contribution in [3.8, 4) is 0 Å². The first-order valence-electron chi connectivity index (χ1n) is 6.21. The third kappa shape index (κ3) is 4.11. The molecule has 0 atom stereocenters.